The minimum atomic E-state index is -1.49. The number of hydrogen-bond acceptors (Lipinski definition) is 14. The molecule has 1 saturated carbocycles. The standard InChI is InChI=1S/C45H59N3O14/c1-26(2)38(47-33(49)12-8-7-11-20-48-34(50)15-16-35(48)51)40(54)46-29(5)41(55)62-39-28(4)18-21-57-36(52)13-9-10-14-37(53)61-30-23-32-45(25-59-45)43(30,6)44(24-58-42(39)56)19-17-27(3)22-31(44)60-32/h9-10,13-16,22,26,28-32,38-39H,7-8,11-12,17-21,23-25H2,1-6H3,(H,46,54)(H,47,49)/b13-9+,14-10-/t28-,29+,30-,31?,32-,38+,39+,43-,44-,45+/m1/s1. The number of nitrogens with zero attached hydrogens (tertiary/aromatic N) is 1. The van der Waals surface area contributed by atoms with E-state index < -0.39 is 82.5 Å². The van der Waals surface area contributed by atoms with Crippen LogP contribution in [0.3, 0.4) is 0 Å². The Morgan fingerprint density at radius 3 is 2.27 bits per heavy atom. The molecule has 17 heteroatoms. The Hall–Kier alpha value is -5.16. The molecule has 4 heterocycles. The second-order valence-corrected chi connectivity index (χ2v) is 17.9. The van der Waals surface area contributed by atoms with Gasteiger partial charge in [0.1, 0.15) is 30.4 Å². The van der Waals surface area contributed by atoms with Crippen molar-refractivity contribution in [1.82, 2.24) is 15.5 Å². The minimum absolute atomic E-state index is 0.0972. The van der Waals surface area contributed by atoms with Gasteiger partial charge < -0.3 is 39.1 Å². The number of amides is 4. The molecular formula is C45H59N3O14. The van der Waals surface area contributed by atoms with Crippen molar-refractivity contribution < 1.29 is 66.8 Å². The highest BCUT2D eigenvalue weighted by Gasteiger charge is 2.83. The van der Waals surface area contributed by atoms with E-state index in [0.717, 1.165) is 16.5 Å². The highest BCUT2D eigenvalue weighted by Crippen LogP contribution is 2.72. The lowest BCUT2D eigenvalue weighted by molar-refractivity contribution is -0.235. The summed E-state index contributed by atoms with van der Waals surface area (Å²) in [7, 11) is 0. The van der Waals surface area contributed by atoms with Crippen molar-refractivity contribution in [2.24, 2.45) is 22.7 Å². The first-order valence-corrected chi connectivity index (χ1v) is 21.6. The number of ether oxygens (including phenoxy) is 6. The fourth-order valence-corrected chi connectivity index (χ4v) is 9.56. The molecule has 2 aliphatic carbocycles. The first-order valence-electron chi connectivity index (χ1n) is 21.6. The maximum Gasteiger partial charge on any atom is 0.347 e. The zero-order chi connectivity index (χ0) is 45.0. The van der Waals surface area contributed by atoms with Crippen LogP contribution in [0, 0.1) is 22.7 Å². The average Bonchev–Trinajstić information content (AvgIpc) is 3.94. The van der Waals surface area contributed by atoms with Crippen molar-refractivity contribution in [2.45, 2.75) is 135 Å². The SMILES string of the molecule is CC1=CC2O[C@@H]3C[C@H]4OC(=O)/C=C\C=C\C(=O)OCC[C@@H](C)[C@H](OC(=O)[C@H](C)NC(=O)[C@@H](NC(=O)CCCCCN5C(=O)C=CC5=O)C(C)C)C(=O)OC[C@@]2(CC1)[C@]4(C)[C@]31CO1. The van der Waals surface area contributed by atoms with Crippen LogP contribution >= 0.6 is 0 Å². The van der Waals surface area contributed by atoms with Crippen LogP contribution in [0.4, 0.5) is 0 Å². The molecule has 6 rings (SSSR count). The number of unbranched alkanes of at least 4 members (excludes halogenated alkanes) is 2. The molecule has 17 nitrogen and oxygen atoms in total. The lowest BCUT2D eigenvalue weighted by Crippen LogP contribution is -2.67. The molecule has 0 aromatic rings. The summed E-state index contributed by atoms with van der Waals surface area (Å²) in [5, 5.41) is 5.34. The summed E-state index contributed by atoms with van der Waals surface area (Å²) in [5.41, 5.74) is -1.42. The first kappa shape index (κ1) is 46.3. The Labute approximate surface area is 361 Å². The number of rotatable bonds is 12. The summed E-state index contributed by atoms with van der Waals surface area (Å²) in [4.78, 5) is 105. The molecule has 3 fully saturated rings. The van der Waals surface area contributed by atoms with Gasteiger partial charge in [-0.15, -0.1) is 0 Å². The van der Waals surface area contributed by atoms with Crippen LogP contribution in [-0.2, 0) is 66.8 Å². The van der Waals surface area contributed by atoms with Gasteiger partial charge in [-0.2, -0.15) is 0 Å². The summed E-state index contributed by atoms with van der Waals surface area (Å²) in [6.45, 7) is 10.9. The van der Waals surface area contributed by atoms with Gasteiger partial charge in [0.15, 0.2) is 0 Å². The second-order valence-electron chi connectivity index (χ2n) is 17.9. The van der Waals surface area contributed by atoms with Gasteiger partial charge in [-0.25, -0.2) is 19.2 Å². The van der Waals surface area contributed by atoms with Crippen molar-refractivity contribution in [1.29, 1.82) is 0 Å². The third-order valence-electron chi connectivity index (χ3n) is 13.5. The highest BCUT2D eigenvalue weighted by atomic mass is 16.6. The summed E-state index contributed by atoms with van der Waals surface area (Å²) < 4.78 is 36.3. The lowest BCUT2D eigenvalue weighted by Gasteiger charge is -2.58. The second kappa shape index (κ2) is 19.1. The van der Waals surface area contributed by atoms with E-state index in [9.17, 15) is 38.4 Å². The number of esters is 4. The van der Waals surface area contributed by atoms with Crippen molar-refractivity contribution >= 4 is 47.5 Å². The monoisotopic (exact) mass is 865 g/mol. The number of carbonyl (C=O) groups is 8. The number of nitrogens with one attached hydrogen (secondary N) is 2. The van der Waals surface area contributed by atoms with E-state index in [2.05, 4.69) is 10.6 Å². The van der Waals surface area contributed by atoms with Gasteiger partial charge in [0.25, 0.3) is 11.8 Å². The Morgan fingerprint density at radius 2 is 1.60 bits per heavy atom. The molecule has 4 amide bonds. The van der Waals surface area contributed by atoms with Crippen LogP contribution in [-0.4, -0.2) is 121 Å². The van der Waals surface area contributed by atoms with Crippen molar-refractivity contribution in [3.63, 3.8) is 0 Å². The van der Waals surface area contributed by atoms with Crippen molar-refractivity contribution in [2.75, 3.05) is 26.4 Å². The molecule has 4 aliphatic heterocycles. The van der Waals surface area contributed by atoms with Gasteiger partial charge in [0.2, 0.25) is 17.9 Å². The molecule has 62 heavy (non-hydrogen) atoms. The molecule has 2 spiro atoms. The maximum absolute atomic E-state index is 14.3. The van der Waals surface area contributed by atoms with Crippen molar-refractivity contribution in [3.05, 3.63) is 48.1 Å². The summed E-state index contributed by atoms with van der Waals surface area (Å²) in [6, 6.07) is -2.26. The molecule has 1 unspecified atom stereocenters. The minimum Gasteiger partial charge on any atom is -0.463 e. The van der Waals surface area contributed by atoms with Crippen LogP contribution in [0.2, 0.25) is 0 Å². The van der Waals surface area contributed by atoms with Crippen LogP contribution < -0.4 is 10.6 Å². The number of epoxide rings is 1. The zero-order valence-corrected chi connectivity index (χ0v) is 36.3. The largest absolute Gasteiger partial charge is 0.463 e. The number of cyclic esters (lactones) is 2. The predicted molar refractivity (Wildman–Crippen MR) is 218 cm³/mol. The molecule has 10 atom stereocenters. The van der Waals surface area contributed by atoms with E-state index in [1.807, 2.05) is 19.9 Å². The van der Waals surface area contributed by atoms with Gasteiger partial charge in [-0.3, -0.25) is 24.1 Å². The Bertz CT molecular complexity index is 1920. The van der Waals surface area contributed by atoms with Crippen LogP contribution in [0.25, 0.3) is 0 Å². The first-order chi connectivity index (χ1) is 29.4. The molecule has 2 N–H and O–H groups in total. The number of allylic oxidation sites excluding steroid dienone is 3. The highest BCUT2D eigenvalue weighted by molar-refractivity contribution is 6.12. The molecule has 6 aliphatic rings. The van der Waals surface area contributed by atoms with E-state index in [0.29, 0.717) is 45.1 Å². The normalized spacial score (nSPS) is 34.1. The maximum atomic E-state index is 14.3. The van der Waals surface area contributed by atoms with E-state index in [-0.39, 0.29) is 62.3 Å². The Kier molecular flexibility index (Phi) is 14.3. The number of hydrogen-bond donors (Lipinski definition) is 2. The lowest BCUT2D eigenvalue weighted by atomic mass is 9.51. The fourth-order valence-electron chi connectivity index (χ4n) is 9.56. The third-order valence-corrected chi connectivity index (χ3v) is 13.5. The van der Waals surface area contributed by atoms with Crippen LogP contribution in [0.1, 0.15) is 92.9 Å². The van der Waals surface area contributed by atoms with Gasteiger partial charge in [-0.05, 0) is 51.9 Å². The molecule has 338 valence electrons. The van der Waals surface area contributed by atoms with Gasteiger partial charge in [0, 0.05) is 55.0 Å². The molecular weight excluding hydrogens is 807 g/mol. The average molecular weight is 866 g/mol. The number of carbonyl (C=O) groups excluding carboxylic acids is 8. The predicted octanol–water partition coefficient (Wildman–Crippen LogP) is 2.85. The zero-order valence-electron chi connectivity index (χ0n) is 36.3. The molecule has 0 aromatic carbocycles. The van der Waals surface area contributed by atoms with E-state index in [1.165, 1.54) is 37.3 Å². The topological polar surface area (TPSA) is 223 Å². The summed E-state index contributed by atoms with van der Waals surface area (Å²) >= 11 is 0. The quantitative estimate of drug-likeness (QED) is 0.0720. The third kappa shape index (κ3) is 9.43. The summed E-state index contributed by atoms with van der Waals surface area (Å²) in [5.74, 6) is -5.93. The van der Waals surface area contributed by atoms with E-state index >= 15 is 0 Å². The molecule has 0 radical (unpaired) electrons. The van der Waals surface area contributed by atoms with Gasteiger partial charge >= 0.3 is 23.9 Å². The molecule has 0 aromatic heterocycles. The van der Waals surface area contributed by atoms with Crippen LogP contribution in [0.5, 0.6) is 0 Å². The van der Waals surface area contributed by atoms with E-state index in [4.69, 9.17) is 28.4 Å². The molecule has 2 bridgehead atoms. The van der Waals surface area contributed by atoms with Crippen molar-refractivity contribution in [3.8, 4) is 0 Å². The van der Waals surface area contributed by atoms with Crippen LogP contribution in [0.15, 0.2) is 48.1 Å². The number of imide groups is 1. The smallest absolute Gasteiger partial charge is 0.347 e. The Balaban J connectivity index is 1.13. The van der Waals surface area contributed by atoms with Gasteiger partial charge in [-0.1, -0.05) is 57.9 Å². The summed E-state index contributed by atoms with van der Waals surface area (Å²) in [6.07, 6.45) is 9.89. The fraction of sp³-hybridized carbons (Fsp3) is 0.644. The van der Waals surface area contributed by atoms with E-state index in [1.54, 1.807) is 20.8 Å². The van der Waals surface area contributed by atoms with Gasteiger partial charge in [0.05, 0.1) is 30.8 Å². The Morgan fingerprint density at radius 1 is 0.903 bits per heavy atom. The molecule has 2 saturated heterocycles.